The quantitative estimate of drug-likeness (QED) is 0.856. The number of nitrogens with zero attached hydrogens (tertiary/aromatic N) is 1. The normalized spacial score (nSPS) is 11.7. The van der Waals surface area contributed by atoms with Crippen LogP contribution >= 0.6 is 0 Å². The smallest absolute Gasteiger partial charge is 0.326 e. The van der Waals surface area contributed by atoms with E-state index in [2.05, 4.69) is 0 Å². The van der Waals surface area contributed by atoms with Crippen molar-refractivity contribution >= 4 is 11.9 Å². The maximum atomic E-state index is 12.8. The van der Waals surface area contributed by atoms with E-state index in [-0.39, 0.29) is 12.4 Å². The number of ether oxygens (including phenoxy) is 1. The molecule has 1 aromatic rings. The molecule has 0 bridgehead atoms. The lowest BCUT2D eigenvalue weighted by molar-refractivity contribution is -0.148. The molecule has 0 aromatic heterocycles. The van der Waals surface area contributed by atoms with Gasteiger partial charge in [-0.3, -0.25) is 4.79 Å². The van der Waals surface area contributed by atoms with E-state index in [1.165, 1.54) is 32.2 Å². The van der Waals surface area contributed by atoms with Gasteiger partial charge in [0.15, 0.2) is 6.61 Å². The van der Waals surface area contributed by atoms with Gasteiger partial charge in [-0.1, -0.05) is 6.07 Å². The fraction of sp³-hybridized carbons (Fsp3) is 0.333. The van der Waals surface area contributed by atoms with Gasteiger partial charge < -0.3 is 14.7 Å². The molecule has 98 valence electrons. The molecule has 1 aromatic carbocycles. The van der Waals surface area contributed by atoms with Gasteiger partial charge in [0.2, 0.25) is 0 Å². The number of carbonyl (C=O) groups excluding carboxylic acids is 1. The molecule has 0 saturated carbocycles. The second-order valence-electron chi connectivity index (χ2n) is 3.76. The minimum atomic E-state index is -1.10. The first-order chi connectivity index (χ1) is 8.41. The number of carboxylic acid groups (broad SMARTS) is 1. The van der Waals surface area contributed by atoms with Crippen LogP contribution in [0.15, 0.2) is 24.3 Å². The van der Waals surface area contributed by atoms with E-state index in [1.807, 2.05) is 0 Å². The largest absolute Gasteiger partial charge is 0.484 e. The molecule has 6 heteroatoms. The Morgan fingerprint density at radius 3 is 2.72 bits per heavy atom. The Labute approximate surface area is 104 Å². The molecule has 0 spiro atoms. The molecule has 0 heterocycles. The summed E-state index contributed by atoms with van der Waals surface area (Å²) in [5.41, 5.74) is 0. The van der Waals surface area contributed by atoms with E-state index < -0.39 is 23.7 Å². The third-order valence-electron chi connectivity index (χ3n) is 2.49. The number of benzene rings is 1. The molecular formula is C12H14FNO4. The van der Waals surface area contributed by atoms with Gasteiger partial charge >= 0.3 is 5.97 Å². The summed E-state index contributed by atoms with van der Waals surface area (Å²) in [6, 6.07) is 4.44. The highest BCUT2D eigenvalue weighted by Crippen LogP contribution is 2.12. The highest BCUT2D eigenvalue weighted by molar-refractivity contribution is 5.84. The number of halogens is 1. The zero-order chi connectivity index (χ0) is 13.7. The predicted molar refractivity (Wildman–Crippen MR) is 61.8 cm³/mol. The van der Waals surface area contributed by atoms with Gasteiger partial charge in [-0.2, -0.15) is 0 Å². The van der Waals surface area contributed by atoms with Gasteiger partial charge in [-0.15, -0.1) is 0 Å². The Morgan fingerprint density at radius 2 is 2.17 bits per heavy atom. The van der Waals surface area contributed by atoms with Gasteiger partial charge in [0, 0.05) is 13.1 Å². The summed E-state index contributed by atoms with van der Waals surface area (Å²) in [5.74, 6) is -1.84. The van der Waals surface area contributed by atoms with Crippen LogP contribution in [0.4, 0.5) is 4.39 Å². The summed E-state index contributed by atoms with van der Waals surface area (Å²) < 4.78 is 17.9. The second kappa shape index (κ2) is 6.00. The number of carbonyl (C=O) groups is 2. The van der Waals surface area contributed by atoms with Crippen molar-refractivity contribution in [3.8, 4) is 5.75 Å². The van der Waals surface area contributed by atoms with Crippen LogP contribution < -0.4 is 4.74 Å². The van der Waals surface area contributed by atoms with E-state index in [1.54, 1.807) is 0 Å². The van der Waals surface area contributed by atoms with Gasteiger partial charge in [0.05, 0.1) is 0 Å². The molecule has 1 N–H and O–H groups in total. The van der Waals surface area contributed by atoms with E-state index in [9.17, 15) is 14.0 Å². The second-order valence-corrected chi connectivity index (χ2v) is 3.76. The maximum absolute atomic E-state index is 12.8. The van der Waals surface area contributed by atoms with Crippen molar-refractivity contribution in [2.45, 2.75) is 13.0 Å². The third kappa shape index (κ3) is 3.73. The monoisotopic (exact) mass is 255 g/mol. The zero-order valence-corrected chi connectivity index (χ0v) is 10.1. The van der Waals surface area contributed by atoms with Crippen molar-refractivity contribution in [2.24, 2.45) is 0 Å². The average molecular weight is 255 g/mol. The molecule has 1 atom stereocenters. The summed E-state index contributed by atoms with van der Waals surface area (Å²) in [6.07, 6.45) is 0. The number of rotatable bonds is 5. The summed E-state index contributed by atoms with van der Waals surface area (Å²) in [4.78, 5) is 23.3. The number of amides is 1. The van der Waals surface area contributed by atoms with E-state index in [0.717, 1.165) is 11.0 Å². The topological polar surface area (TPSA) is 66.8 Å². The first-order valence-corrected chi connectivity index (χ1v) is 5.28. The average Bonchev–Trinajstić information content (AvgIpc) is 2.34. The number of likely N-dealkylation sites (N-methyl/N-ethyl adjacent to an activating group) is 1. The zero-order valence-electron chi connectivity index (χ0n) is 10.1. The van der Waals surface area contributed by atoms with Crippen LogP contribution in [0.2, 0.25) is 0 Å². The van der Waals surface area contributed by atoms with Crippen molar-refractivity contribution in [1.29, 1.82) is 0 Å². The third-order valence-corrected chi connectivity index (χ3v) is 2.49. The van der Waals surface area contributed by atoms with Crippen LogP contribution in [0.1, 0.15) is 6.92 Å². The van der Waals surface area contributed by atoms with Crippen molar-refractivity contribution in [3.05, 3.63) is 30.1 Å². The van der Waals surface area contributed by atoms with Crippen molar-refractivity contribution < 1.29 is 23.8 Å². The van der Waals surface area contributed by atoms with Gasteiger partial charge in [0.25, 0.3) is 5.91 Å². The molecular weight excluding hydrogens is 241 g/mol. The Balaban J connectivity index is 2.53. The van der Waals surface area contributed by atoms with Gasteiger partial charge in [0.1, 0.15) is 17.6 Å². The Bertz CT molecular complexity index is 449. The van der Waals surface area contributed by atoms with Gasteiger partial charge in [-0.05, 0) is 19.1 Å². The molecule has 18 heavy (non-hydrogen) atoms. The van der Waals surface area contributed by atoms with E-state index in [4.69, 9.17) is 9.84 Å². The molecule has 0 saturated heterocycles. The van der Waals surface area contributed by atoms with Crippen LogP contribution in [0.25, 0.3) is 0 Å². The number of aliphatic carboxylic acids is 1. The van der Waals surface area contributed by atoms with E-state index >= 15 is 0 Å². The summed E-state index contributed by atoms with van der Waals surface area (Å²) in [7, 11) is 1.37. The first-order valence-electron chi connectivity index (χ1n) is 5.28. The lowest BCUT2D eigenvalue weighted by atomic mass is 10.3. The molecule has 0 aliphatic carbocycles. The van der Waals surface area contributed by atoms with Crippen LogP contribution in [-0.4, -0.2) is 41.6 Å². The van der Waals surface area contributed by atoms with Crippen molar-refractivity contribution in [1.82, 2.24) is 4.90 Å². The van der Waals surface area contributed by atoms with Gasteiger partial charge in [-0.25, -0.2) is 9.18 Å². The minimum absolute atomic E-state index is 0.222. The van der Waals surface area contributed by atoms with Crippen molar-refractivity contribution in [3.63, 3.8) is 0 Å². The van der Waals surface area contributed by atoms with Crippen LogP contribution in [0.3, 0.4) is 0 Å². The first kappa shape index (κ1) is 14.0. The number of hydrogen-bond donors (Lipinski definition) is 1. The fourth-order valence-corrected chi connectivity index (χ4v) is 1.19. The fourth-order valence-electron chi connectivity index (χ4n) is 1.19. The summed E-state index contributed by atoms with van der Waals surface area (Å²) >= 11 is 0. The Hall–Kier alpha value is -2.11. The molecule has 0 aliphatic heterocycles. The van der Waals surface area contributed by atoms with Crippen LogP contribution in [-0.2, 0) is 9.59 Å². The molecule has 1 rings (SSSR count). The van der Waals surface area contributed by atoms with Crippen LogP contribution in [0.5, 0.6) is 5.75 Å². The molecule has 0 aliphatic rings. The highest BCUT2D eigenvalue weighted by Gasteiger charge is 2.21. The lowest BCUT2D eigenvalue weighted by Crippen LogP contribution is -2.42. The van der Waals surface area contributed by atoms with Crippen LogP contribution in [0, 0.1) is 5.82 Å². The Morgan fingerprint density at radius 1 is 1.50 bits per heavy atom. The van der Waals surface area contributed by atoms with Crippen molar-refractivity contribution in [2.75, 3.05) is 13.7 Å². The number of hydrogen-bond acceptors (Lipinski definition) is 3. The highest BCUT2D eigenvalue weighted by atomic mass is 19.1. The lowest BCUT2D eigenvalue weighted by Gasteiger charge is -2.21. The molecule has 1 unspecified atom stereocenters. The molecule has 5 nitrogen and oxygen atoms in total. The summed E-state index contributed by atoms with van der Waals surface area (Å²) in [6.45, 7) is 1.06. The summed E-state index contributed by atoms with van der Waals surface area (Å²) in [5, 5.41) is 8.74. The van der Waals surface area contributed by atoms with E-state index in [0.29, 0.717) is 0 Å². The molecule has 0 radical (unpaired) electrons. The standard InChI is InChI=1S/C12H14FNO4/c1-8(12(16)17)14(2)11(15)7-18-10-5-3-4-9(13)6-10/h3-6,8H,7H2,1-2H3,(H,16,17). The maximum Gasteiger partial charge on any atom is 0.326 e. The molecule has 0 fully saturated rings. The Kier molecular flexibility index (Phi) is 4.65. The SMILES string of the molecule is CC(C(=O)O)N(C)C(=O)COc1cccc(F)c1. The predicted octanol–water partition coefficient (Wildman–Crippen LogP) is 1.14. The number of carboxylic acids is 1. The molecule has 1 amide bonds. The minimum Gasteiger partial charge on any atom is -0.484 e.